The highest BCUT2D eigenvalue weighted by Gasteiger charge is 2.43. The van der Waals surface area contributed by atoms with E-state index in [9.17, 15) is 25.5 Å². The highest BCUT2D eigenvalue weighted by atomic mass is 16.7. The second-order valence-corrected chi connectivity index (χ2v) is 9.08. The van der Waals surface area contributed by atoms with Crippen LogP contribution in [0.5, 0.6) is 23.0 Å². The monoisotopic (exact) mass is 506 g/mol. The molecule has 36 heavy (non-hydrogen) atoms. The zero-order valence-electron chi connectivity index (χ0n) is 20.5. The lowest BCUT2D eigenvalue weighted by Gasteiger charge is -2.39. The molecule has 2 heterocycles. The molecule has 2 aromatic rings. The molecule has 0 spiro atoms. The van der Waals surface area contributed by atoms with Crippen LogP contribution in [0.25, 0.3) is 0 Å². The fourth-order valence-corrected chi connectivity index (χ4v) is 4.72. The maximum Gasteiger partial charge on any atom is 0.229 e. The van der Waals surface area contributed by atoms with E-state index in [0.717, 1.165) is 16.7 Å². The molecule has 0 aliphatic carbocycles. The summed E-state index contributed by atoms with van der Waals surface area (Å²) in [4.78, 5) is 0. The minimum Gasteiger partial charge on any atom is -0.493 e. The molecular formula is C26H34O10. The Balaban J connectivity index is 1.60. The van der Waals surface area contributed by atoms with E-state index >= 15 is 0 Å². The van der Waals surface area contributed by atoms with Gasteiger partial charge in [-0.2, -0.15) is 0 Å². The first-order valence-corrected chi connectivity index (χ1v) is 12.0. The molecule has 2 aromatic carbocycles. The second-order valence-electron chi connectivity index (χ2n) is 9.08. The molecule has 0 radical (unpaired) electrons. The normalized spacial score (nSPS) is 29.4. The van der Waals surface area contributed by atoms with Crippen LogP contribution in [-0.4, -0.2) is 83.7 Å². The lowest BCUT2D eigenvalue weighted by Crippen LogP contribution is -2.58. The summed E-state index contributed by atoms with van der Waals surface area (Å²) in [5.41, 5.74) is 2.54. The Morgan fingerprint density at radius 3 is 2.31 bits per heavy atom. The first-order chi connectivity index (χ1) is 17.3. The number of rotatable bonds is 9. The molecule has 198 valence electrons. The number of fused-ring (bicyclic) bond motifs is 1. The van der Waals surface area contributed by atoms with Gasteiger partial charge in [0, 0.05) is 12.2 Å². The summed E-state index contributed by atoms with van der Waals surface area (Å²) in [6.07, 6.45) is -5.31. The third-order valence-corrected chi connectivity index (χ3v) is 6.76. The molecule has 5 N–H and O–H groups in total. The summed E-state index contributed by atoms with van der Waals surface area (Å²) in [5.74, 6) is 1.37. The van der Waals surface area contributed by atoms with Crippen LogP contribution in [0, 0.1) is 0 Å². The van der Waals surface area contributed by atoms with Crippen molar-refractivity contribution in [3.05, 3.63) is 47.0 Å². The summed E-state index contributed by atoms with van der Waals surface area (Å²) < 4.78 is 28.7. The second kappa shape index (κ2) is 11.2. The number of hydrogen-bond donors (Lipinski definition) is 5. The minimum atomic E-state index is -1.46. The van der Waals surface area contributed by atoms with Crippen molar-refractivity contribution in [1.82, 2.24) is 0 Å². The van der Waals surface area contributed by atoms with Crippen LogP contribution >= 0.6 is 0 Å². The smallest absolute Gasteiger partial charge is 0.229 e. The SMILES string of the molecule is COc1cc([C@H]2Oc3c(OC)cc(CCCO)cc3[C@H]2CO)ccc1O[C@@H]1O[C@H](C)[C@@H](O)[C@H](O)[C@@H]1O. The van der Waals surface area contributed by atoms with Crippen LogP contribution in [0.2, 0.25) is 0 Å². The van der Waals surface area contributed by atoms with Crippen molar-refractivity contribution in [3.8, 4) is 23.0 Å². The Kier molecular flexibility index (Phi) is 8.23. The van der Waals surface area contributed by atoms with E-state index in [1.807, 2.05) is 12.1 Å². The van der Waals surface area contributed by atoms with Gasteiger partial charge >= 0.3 is 0 Å². The van der Waals surface area contributed by atoms with Crippen molar-refractivity contribution in [2.75, 3.05) is 27.4 Å². The number of hydrogen-bond acceptors (Lipinski definition) is 10. The van der Waals surface area contributed by atoms with Crippen molar-refractivity contribution >= 4 is 0 Å². The molecule has 10 nitrogen and oxygen atoms in total. The summed E-state index contributed by atoms with van der Waals surface area (Å²) in [5, 5.41) is 49.8. The Morgan fingerprint density at radius 2 is 1.64 bits per heavy atom. The fourth-order valence-electron chi connectivity index (χ4n) is 4.72. The molecule has 0 bridgehead atoms. The standard InChI is InChI=1S/C26H34O10/c1-13-21(29)22(30)23(31)26(34-13)35-18-7-6-15(11-19(18)32-2)24-17(12-28)16-9-14(5-4-8-27)10-20(33-3)25(16)36-24/h6-7,9-11,13,17,21-24,26-31H,4-5,8,12H2,1-3H3/t13-,17-,21-,22+,23+,24-,26+/m1/s1. The van der Waals surface area contributed by atoms with Crippen LogP contribution in [0.15, 0.2) is 30.3 Å². The van der Waals surface area contributed by atoms with Gasteiger partial charge in [0.15, 0.2) is 23.0 Å². The van der Waals surface area contributed by atoms with E-state index < -0.39 is 36.8 Å². The molecule has 7 atom stereocenters. The lowest BCUT2D eigenvalue weighted by atomic mass is 9.90. The van der Waals surface area contributed by atoms with Crippen LogP contribution in [-0.2, 0) is 11.2 Å². The quantitative estimate of drug-likeness (QED) is 0.334. The zero-order chi connectivity index (χ0) is 26.0. The van der Waals surface area contributed by atoms with E-state index in [2.05, 4.69) is 0 Å². The van der Waals surface area contributed by atoms with Crippen LogP contribution < -0.4 is 18.9 Å². The van der Waals surface area contributed by atoms with Gasteiger partial charge in [-0.05, 0) is 49.1 Å². The fraction of sp³-hybridized carbons (Fsp3) is 0.538. The number of aryl methyl sites for hydroxylation is 1. The van der Waals surface area contributed by atoms with Crippen molar-refractivity contribution in [2.24, 2.45) is 0 Å². The first-order valence-electron chi connectivity index (χ1n) is 12.0. The predicted octanol–water partition coefficient (Wildman–Crippen LogP) is 1.04. The molecule has 2 aliphatic rings. The van der Waals surface area contributed by atoms with E-state index in [1.54, 1.807) is 32.2 Å². The Hall–Kier alpha value is -2.60. The molecular weight excluding hydrogens is 472 g/mol. The number of aliphatic hydroxyl groups excluding tert-OH is 5. The van der Waals surface area contributed by atoms with Gasteiger partial charge in [0.05, 0.1) is 32.8 Å². The minimum absolute atomic E-state index is 0.0809. The number of aliphatic hydroxyl groups is 5. The number of benzene rings is 2. The summed E-state index contributed by atoms with van der Waals surface area (Å²) in [6.45, 7) is 1.49. The van der Waals surface area contributed by atoms with Crippen molar-refractivity contribution < 1.29 is 49.2 Å². The molecule has 10 heteroatoms. The lowest BCUT2D eigenvalue weighted by molar-refractivity contribution is -0.268. The Labute approximate surface area is 209 Å². The van der Waals surface area contributed by atoms with Crippen LogP contribution in [0.4, 0.5) is 0 Å². The highest BCUT2D eigenvalue weighted by molar-refractivity contribution is 5.56. The topological polar surface area (TPSA) is 147 Å². The van der Waals surface area contributed by atoms with Gasteiger partial charge in [-0.3, -0.25) is 0 Å². The largest absolute Gasteiger partial charge is 0.493 e. The average molecular weight is 507 g/mol. The van der Waals surface area contributed by atoms with Crippen molar-refractivity contribution in [1.29, 1.82) is 0 Å². The molecule has 0 unspecified atom stereocenters. The van der Waals surface area contributed by atoms with E-state index in [4.69, 9.17) is 23.7 Å². The zero-order valence-corrected chi connectivity index (χ0v) is 20.5. The van der Waals surface area contributed by atoms with Gasteiger partial charge in [-0.1, -0.05) is 12.1 Å². The van der Waals surface area contributed by atoms with E-state index in [0.29, 0.717) is 30.1 Å². The third-order valence-electron chi connectivity index (χ3n) is 6.76. The highest BCUT2D eigenvalue weighted by Crippen LogP contribution is 2.51. The van der Waals surface area contributed by atoms with Crippen LogP contribution in [0.1, 0.15) is 42.1 Å². The van der Waals surface area contributed by atoms with Gasteiger partial charge < -0.3 is 49.2 Å². The Morgan fingerprint density at radius 1 is 0.889 bits per heavy atom. The first kappa shape index (κ1) is 26.5. The van der Waals surface area contributed by atoms with E-state index in [1.165, 1.54) is 7.11 Å². The van der Waals surface area contributed by atoms with Gasteiger partial charge in [0.1, 0.15) is 24.4 Å². The van der Waals surface area contributed by atoms with Gasteiger partial charge in [0.2, 0.25) is 6.29 Å². The van der Waals surface area contributed by atoms with Crippen molar-refractivity contribution in [3.63, 3.8) is 0 Å². The molecule has 4 rings (SSSR count). The maximum absolute atomic E-state index is 10.3. The Bertz CT molecular complexity index is 1040. The molecule has 0 aromatic heterocycles. The van der Waals surface area contributed by atoms with Gasteiger partial charge in [0.25, 0.3) is 0 Å². The molecule has 0 amide bonds. The number of ether oxygens (including phenoxy) is 5. The van der Waals surface area contributed by atoms with Crippen LogP contribution in [0.3, 0.4) is 0 Å². The van der Waals surface area contributed by atoms with E-state index in [-0.39, 0.29) is 24.9 Å². The summed E-state index contributed by atoms with van der Waals surface area (Å²) >= 11 is 0. The van der Waals surface area contributed by atoms with Gasteiger partial charge in [-0.25, -0.2) is 0 Å². The van der Waals surface area contributed by atoms with Crippen molar-refractivity contribution in [2.45, 2.75) is 62.5 Å². The number of methoxy groups -OCH3 is 2. The summed E-state index contributed by atoms with van der Waals surface area (Å²) in [7, 11) is 3.03. The average Bonchev–Trinajstić information content (AvgIpc) is 3.27. The maximum atomic E-state index is 10.3. The molecule has 0 saturated carbocycles. The molecule has 1 fully saturated rings. The molecule has 1 saturated heterocycles. The summed E-state index contributed by atoms with van der Waals surface area (Å²) in [6, 6.07) is 8.98. The predicted molar refractivity (Wildman–Crippen MR) is 128 cm³/mol. The van der Waals surface area contributed by atoms with Gasteiger partial charge in [-0.15, -0.1) is 0 Å². The molecule has 2 aliphatic heterocycles. The third kappa shape index (κ3) is 4.97.